The number of thiazole rings is 1. The molecule has 2 aromatic heterocycles. The van der Waals surface area contributed by atoms with Crippen molar-refractivity contribution in [1.82, 2.24) is 19.7 Å². The molecule has 0 radical (unpaired) electrons. The van der Waals surface area contributed by atoms with Gasteiger partial charge in [0.1, 0.15) is 10.6 Å². The summed E-state index contributed by atoms with van der Waals surface area (Å²) in [5.74, 6) is 0.580. The molecule has 10 heteroatoms. The Balaban J connectivity index is 1.30. The molecule has 170 valence electrons. The predicted octanol–water partition coefficient (Wildman–Crippen LogP) is 3.38. The van der Waals surface area contributed by atoms with E-state index in [0.29, 0.717) is 27.1 Å². The number of aromatic hydroxyl groups is 1. The van der Waals surface area contributed by atoms with E-state index in [2.05, 4.69) is 25.6 Å². The van der Waals surface area contributed by atoms with Crippen LogP contribution in [0, 0.1) is 13.8 Å². The number of phenolic OH excluding ortho intramolecular Hbond substituents is 1. The molecule has 0 aliphatic carbocycles. The molecule has 1 amide bonds. The summed E-state index contributed by atoms with van der Waals surface area (Å²) in [5.41, 5.74) is 2.14. The van der Waals surface area contributed by atoms with Gasteiger partial charge in [0.2, 0.25) is 0 Å². The van der Waals surface area contributed by atoms with Crippen molar-refractivity contribution < 1.29 is 14.6 Å². The van der Waals surface area contributed by atoms with Gasteiger partial charge in [-0.2, -0.15) is 5.10 Å². The van der Waals surface area contributed by atoms with Crippen LogP contribution in [0.4, 0.5) is 16.6 Å². The third-order valence-corrected chi connectivity index (χ3v) is 6.37. The first-order chi connectivity index (χ1) is 15.5. The van der Waals surface area contributed by atoms with E-state index in [1.165, 1.54) is 17.5 Å². The van der Waals surface area contributed by atoms with Crippen LogP contribution in [0.1, 0.15) is 27.2 Å². The lowest BCUT2D eigenvalue weighted by Crippen LogP contribution is -2.37. The van der Waals surface area contributed by atoms with E-state index in [-0.39, 0.29) is 11.7 Å². The van der Waals surface area contributed by atoms with Gasteiger partial charge in [0, 0.05) is 44.0 Å². The molecule has 4 rings (SSSR count). The molecule has 1 aliphatic rings. The summed E-state index contributed by atoms with van der Waals surface area (Å²) < 4.78 is 7.29. The van der Waals surface area contributed by atoms with Gasteiger partial charge < -0.3 is 20.5 Å². The fourth-order valence-corrected chi connectivity index (χ4v) is 4.30. The number of benzene rings is 1. The number of carbonyl (C=O) groups is 1. The van der Waals surface area contributed by atoms with Crippen molar-refractivity contribution in [2.45, 2.75) is 26.8 Å². The van der Waals surface area contributed by atoms with Gasteiger partial charge in [0.25, 0.3) is 5.91 Å². The maximum absolute atomic E-state index is 12.7. The van der Waals surface area contributed by atoms with Crippen LogP contribution in [0.5, 0.6) is 5.75 Å². The topological polar surface area (TPSA) is 105 Å². The predicted molar refractivity (Wildman–Crippen MR) is 125 cm³/mol. The zero-order valence-corrected chi connectivity index (χ0v) is 19.1. The van der Waals surface area contributed by atoms with Gasteiger partial charge in [0.05, 0.1) is 25.1 Å². The van der Waals surface area contributed by atoms with Crippen LogP contribution in [0.15, 0.2) is 30.6 Å². The molecular weight excluding hydrogens is 428 g/mol. The average molecular weight is 457 g/mol. The summed E-state index contributed by atoms with van der Waals surface area (Å²) in [6, 6.07) is 5.29. The molecule has 1 aromatic carbocycles. The minimum atomic E-state index is -0.263. The summed E-state index contributed by atoms with van der Waals surface area (Å²) in [6.07, 6.45) is 4.50. The highest BCUT2D eigenvalue weighted by molar-refractivity contribution is 7.17. The molecule has 0 atom stereocenters. The number of ether oxygens (including phenoxy) is 1. The third kappa shape index (κ3) is 5.45. The first-order valence-electron chi connectivity index (χ1n) is 10.7. The van der Waals surface area contributed by atoms with Crippen molar-refractivity contribution >= 4 is 33.9 Å². The van der Waals surface area contributed by atoms with Gasteiger partial charge in [-0.3, -0.25) is 14.4 Å². The Morgan fingerprint density at radius 2 is 2.03 bits per heavy atom. The highest BCUT2D eigenvalue weighted by Crippen LogP contribution is 2.29. The van der Waals surface area contributed by atoms with Gasteiger partial charge in [-0.05, 0) is 31.9 Å². The van der Waals surface area contributed by atoms with Crippen molar-refractivity contribution in [3.63, 3.8) is 0 Å². The second kappa shape index (κ2) is 10.1. The molecule has 0 spiro atoms. The fourth-order valence-electron chi connectivity index (χ4n) is 3.58. The molecular formula is C22H28N6O3S. The molecule has 3 heterocycles. The Hall–Kier alpha value is -2.95. The molecule has 9 nitrogen and oxygen atoms in total. The van der Waals surface area contributed by atoms with E-state index in [1.54, 1.807) is 19.1 Å². The highest BCUT2D eigenvalue weighted by Gasteiger charge is 2.15. The molecule has 3 N–H and O–H groups in total. The normalized spacial score (nSPS) is 14.4. The number of phenols is 1. The SMILES string of the molecule is Cc1ccc(O)c(C)c1NC(=O)c1cnc(Nc2ccn(CCCN3CCOCC3)n2)s1. The van der Waals surface area contributed by atoms with E-state index in [1.807, 2.05) is 23.9 Å². The van der Waals surface area contributed by atoms with Crippen LogP contribution in [0.3, 0.4) is 0 Å². The smallest absolute Gasteiger partial charge is 0.267 e. The number of carbonyl (C=O) groups excluding carboxylic acids is 1. The fraction of sp³-hybridized carbons (Fsp3) is 0.409. The first-order valence-corrected chi connectivity index (χ1v) is 11.5. The van der Waals surface area contributed by atoms with Crippen LogP contribution in [-0.4, -0.2) is 63.5 Å². The summed E-state index contributed by atoms with van der Waals surface area (Å²) in [6.45, 7) is 9.16. The number of rotatable bonds is 8. The quantitative estimate of drug-likeness (QED) is 0.477. The molecule has 1 saturated heterocycles. The van der Waals surface area contributed by atoms with Gasteiger partial charge >= 0.3 is 0 Å². The van der Waals surface area contributed by atoms with Crippen molar-refractivity contribution in [2.75, 3.05) is 43.5 Å². The van der Waals surface area contributed by atoms with E-state index in [0.717, 1.165) is 51.4 Å². The molecule has 0 bridgehead atoms. The summed E-state index contributed by atoms with van der Waals surface area (Å²) in [7, 11) is 0. The maximum Gasteiger partial charge on any atom is 0.267 e. The molecule has 0 unspecified atom stereocenters. The third-order valence-electron chi connectivity index (χ3n) is 5.45. The number of hydrogen-bond acceptors (Lipinski definition) is 8. The van der Waals surface area contributed by atoms with Crippen LogP contribution in [0.25, 0.3) is 0 Å². The van der Waals surface area contributed by atoms with Crippen molar-refractivity contribution in [2.24, 2.45) is 0 Å². The lowest BCUT2D eigenvalue weighted by atomic mass is 10.1. The van der Waals surface area contributed by atoms with Crippen molar-refractivity contribution in [1.29, 1.82) is 0 Å². The van der Waals surface area contributed by atoms with Crippen molar-refractivity contribution in [3.8, 4) is 5.75 Å². The minimum absolute atomic E-state index is 0.151. The Morgan fingerprint density at radius 1 is 1.22 bits per heavy atom. The van der Waals surface area contributed by atoms with Crippen LogP contribution < -0.4 is 10.6 Å². The number of aromatic nitrogens is 3. The van der Waals surface area contributed by atoms with E-state index in [4.69, 9.17) is 4.74 Å². The van der Waals surface area contributed by atoms with Gasteiger partial charge in [-0.25, -0.2) is 4.98 Å². The number of morpholine rings is 1. The lowest BCUT2D eigenvalue weighted by molar-refractivity contribution is 0.0368. The molecule has 1 aliphatic heterocycles. The molecule has 0 saturated carbocycles. The Labute approximate surface area is 191 Å². The van der Waals surface area contributed by atoms with Crippen LogP contribution >= 0.6 is 11.3 Å². The van der Waals surface area contributed by atoms with Gasteiger partial charge in [-0.15, -0.1) is 0 Å². The zero-order chi connectivity index (χ0) is 22.5. The Bertz CT molecular complexity index is 1070. The van der Waals surface area contributed by atoms with Gasteiger partial charge in [-0.1, -0.05) is 17.4 Å². The summed E-state index contributed by atoms with van der Waals surface area (Å²) in [4.78, 5) is 19.8. The number of hydrogen-bond donors (Lipinski definition) is 3. The molecule has 1 fully saturated rings. The highest BCUT2D eigenvalue weighted by atomic mass is 32.1. The number of nitrogens with zero attached hydrogens (tertiary/aromatic N) is 4. The molecule has 32 heavy (non-hydrogen) atoms. The van der Waals surface area contributed by atoms with Gasteiger partial charge in [0.15, 0.2) is 10.9 Å². The summed E-state index contributed by atoms with van der Waals surface area (Å²) in [5, 5.41) is 21.1. The second-order valence-corrected chi connectivity index (χ2v) is 8.81. The molecule has 3 aromatic rings. The zero-order valence-electron chi connectivity index (χ0n) is 18.3. The number of nitrogens with one attached hydrogen (secondary N) is 2. The van der Waals surface area contributed by atoms with E-state index < -0.39 is 0 Å². The lowest BCUT2D eigenvalue weighted by Gasteiger charge is -2.26. The van der Waals surface area contributed by atoms with E-state index in [9.17, 15) is 9.90 Å². The standard InChI is InChI=1S/C22H28N6O3S/c1-15-4-5-17(29)16(2)20(15)25-21(30)18-14-23-22(32-18)24-19-6-9-28(26-19)8-3-7-27-10-12-31-13-11-27/h4-6,9,14,29H,3,7-8,10-13H2,1-2H3,(H,25,30)(H,23,24,26). The number of amides is 1. The van der Waals surface area contributed by atoms with Crippen molar-refractivity contribution in [3.05, 3.63) is 46.6 Å². The number of aryl methyl sites for hydroxylation is 2. The second-order valence-electron chi connectivity index (χ2n) is 7.78. The van der Waals surface area contributed by atoms with Crippen LogP contribution in [0.2, 0.25) is 0 Å². The first kappa shape index (κ1) is 22.3. The van der Waals surface area contributed by atoms with Crippen LogP contribution in [-0.2, 0) is 11.3 Å². The summed E-state index contributed by atoms with van der Waals surface area (Å²) >= 11 is 1.25. The Morgan fingerprint density at radius 3 is 2.84 bits per heavy atom. The monoisotopic (exact) mass is 456 g/mol. The minimum Gasteiger partial charge on any atom is -0.508 e. The largest absolute Gasteiger partial charge is 0.508 e. The Kier molecular flexibility index (Phi) is 7.03. The average Bonchev–Trinajstić information content (AvgIpc) is 3.45. The van der Waals surface area contributed by atoms with E-state index >= 15 is 0 Å². The maximum atomic E-state index is 12.7. The number of anilines is 3.